The van der Waals surface area contributed by atoms with Crippen molar-refractivity contribution in [1.29, 1.82) is 0 Å². The van der Waals surface area contributed by atoms with Crippen LogP contribution in [-0.4, -0.2) is 20.8 Å². The second-order valence-corrected chi connectivity index (χ2v) is 7.55. The van der Waals surface area contributed by atoms with Crippen LogP contribution in [0.25, 0.3) is 22.4 Å². The molecule has 2 amide bonds. The molecular weight excluding hydrogens is 405 g/mol. The first-order valence-electron chi connectivity index (χ1n) is 10.4. The number of urea groups is 1. The summed E-state index contributed by atoms with van der Waals surface area (Å²) < 4.78 is 17.3. The third-order valence-electron chi connectivity index (χ3n) is 5.10. The van der Waals surface area contributed by atoms with Crippen LogP contribution in [0, 0.1) is 19.7 Å². The molecule has 0 fully saturated rings. The zero-order valence-corrected chi connectivity index (χ0v) is 18.2. The van der Waals surface area contributed by atoms with Gasteiger partial charge in [0, 0.05) is 47.0 Å². The predicted molar refractivity (Wildman–Crippen MR) is 125 cm³/mol. The maximum atomic E-state index is 15.5. The Balaban J connectivity index is 1.66. The summed E-state index contributed by atoms with van der Waals surface area (Å²) in [6.45, 7) is 6.49. The molecule has 0 saturated carbocycles. The van der Waals surface area contributed by atoms with Gasteiger partial charge in [-0.15, -0.1) is 0 Å². The third-order valence-corrected chi connectivity index (χ3v) is 5.10. The van der Waals surface area contributed by atoms with Gasteiger partial charge in [0.1, 0.15) is 5.69 Å². The minimum atomic E-state index is -0.519. The molecule has 2 N–H and O–H groups in total. The molecular formula is C25H24FN5O. The van der Waals surface area contributed by atoms with Gasteiger partial charge < -0.3 is 10.6 Å². The van der Waals surface area contributed by atoms with Gasteiger partial charge >= 0.3 is 6.03 Å². The van der Waals surface area contributed by atoms with Gasteiger partial charge in [-0.05, 0) is 51.1 Å². The van der Waals surface area contributed by atoms with E-state index in [1.54, 1.807) is 35.1 Å². The second-order valence-electron chi connectivity index (χ2n) is 7.55. The molecule has 0 atom stereocenters. The summed E-state index contributed by atoms with van der Waals surface area (Å²) in [5.41, 5.74) is 5.19. The number of hydrogen-bond acceptors (Lipinski definition) is 3. The van der Waals surface area contributed by atoms with E-state index in [2.05, 4.69) is 20.7 Å². The van der Waals surface area contributed by atoms with E-state index in [0.717, 1.165) is 16.8 Å². The van der Waals surface area contributed by atoms with Crippen LogP contribution >= 0.6 is 0 Å². The number of carbonyl (C=O) groups is 1. The van der Waals surface area contributed by atoms with Gasteiger partial charge in [0.05, 0.1) is 5.69 Å². The summed E-state index contributed by atoms with van der Waals surface area (Å²) in [5, 5.41) is 9.96. The number of benzene rings is 2. The van der Waals surface area contributed by atoms with Crippen molar-refractivity contribution < 1.29 is 9.18 Å². The third kappa shape index (κ3) is 4.51. The molecule has 6 nitrogen and oxygen atoms in total. The standard InChI is InChI=1S/C25H24FN5O/c1-4-31-15-21(24(30-31)18-12-13-27-17(3)14-18)20-6-5-7-22(23(20)26)29-25(32)28-19-10-8-16(2)9-11-19/h5-15H,4H2,1-3H3,(H2,28,29,32). The van der Waals surface area contributed by atoms with E-state index in [9.17, 15) is 4.79 Å². The van der Waals surface area contributed by atoms with Crippen molar-refractivity contribution in [3.8, 4) is 22.4 Å². The number of nitrogens with zero attached hydrogens (tertiary/aromatic N) is 3. The van der Waals surface area contributed by atoms with Crippen molar-refractivity contribution in [2.45, 2.75) is 27.3 Å². The van der Waals surface area contributed by atoms with Gasteiger partial charge in [-0.3, -0.25) is 9.67 Å². The van der Waals surface area contributed by atoms with Crippen LogP contribution in [0.4, 0.5) is 20.6 Å². The van der Waals surface area contributed by atoms with Crippen molar-refractivity contribution in [2.75, 3.05) is 10.6 Å². The molecule has 0 radical (unpaired) electrons. The number of aromatic nitrogens is 3. The number of nitrogens with one attached hydrogen (secondary N) is 2. The summed E-state index contributed by atoms with van der Waals surface area (Å²) >= 11 is 0. The fraction of sp³-hybridized carbons (Fsp3) is 0.160. The van der Waals surface area contributed by atoms with Gasteiger partial charge in [0.2, 0.25) is 0 Å². The van der Waals surface area contributed by atoms with E-state index in [1.165, 1.54) is 6.07 Å². The lowest BCUT2D eigenvalue weighted by Crippen LogP contribution is -2.20. The van der Waals surface area contributed by atoms with Crippen molar-refractivity contribution in [1.82, 2.24) is 14.8 Å². The van der Waals surface area contributed by atoms with Crippen LogP contribution in [0.2, 0.25) is 0 Å². The average molecular weight is 429 g/mol. The van der Waals surface area contributed by atoms with Gasteiger partial charge in [-0.25, -0.2) is 9.18 Å². The van der Waals surface area contributed by atoms with Crippen molar-refractivity contribution >= 4 is 17.4 Å². The van der Waals surface area contributed by atoms with E-state index in [0.29, 0.717) is 29.1 Å². The van der Waals surface area contributed by atoms with Crippen LogP contribution in [0.5, 0.6) is 0 Å². The molecule has 0 aliphatic carbocycles. The number of anilines is 2. The predicted octanol–water partition coefficient (Wildman–Crippen LogP) is 6.03. The molecule has 4 rings (SSSR count). The molecule has 7 heteroatoms. The number of carbonyl (C=O) groups excluding carboxylic acids is 1. The number of hydrogen-bond donors (Lipinski definition) is 2. The normalized spacial score (nSPS) is 10.8. The number of aryl methyl sites for hydroxylation is 3. The van der Waals surface area contributed by atoms with E-state index >= 15 is 4.39 Å². The number of halogens is 1. The smallest absolute Gasteiger partial charge is 0.308 e. The lowest BCUT2D eigenvalue weighted by molar-refractivity contribution is 0.262. The first-order chi connectivity index (χ1) is 15.4. The molecule has 2 heterocycles. The Labute approximate surface area is 186 Å². The highest BCUT2D eigenvalue weighted by Gasteiger charge is 2.19. The van der Waals surface area contributed by atoms with Gasteiger partial charge in [0.25, 0.3) is 0 Å². The summed E-state index contributed by atoms with van der Waals surface area (Å²) in [7, 11) is 0. The lowest BCUT2D eigenvalue weighted by Gasteiger charge is -2.11. The minimum absolute atomic E-state index is 0.0909. The molecule has 162 valence electrons. The summed E-state index contributed by atoms with van der Waals surface area (Å²) in [6.07, 6.45) is 3.53. The second kappa shape index (κ2) is 9.01. The Kier molecular flexibility index (Phi) is 5.98. The maximum absolute atomic E-state index is 15.5. The van der Waals surface area contributed by atoms with Crippen LogP contribution in [0.3, 0.4) is 0 Å². The number of amides is 2. The Hall–Kier alpha value is -4.00. The number of rotatable bonds is 5. The van der Waals surface area contributed by atoms with Crippen molar-refractivity contribution in [2.24, 2.45) is 0 Å². The van der Waals surface area contributed by atoms with Gasteiger partial charge in [-0.1, -0.05) is 29.8 Å². The first kappa shape index (κ1) is 21.2. The topological polar surface area (TPSA) is 71.8 Å². The van der Waals surface area contributed by atoms with Crippen molar-refractivity contribution in [3.05, 3.63) is 84.1 Å². The zero-order chi connectivity index (χ0) is 22.7. The molecule has 0 aliphatic heterocycles. The van der Waals surface area contributed by atoms with Crippen molar-refractivity contribution in [3.63, 3.8) is 0 Å². The number of pyridine rings is 1. The maximum Gasteiger partial charge on any atom is 0.323 e. The fourth-order valence-corrected chi connectivity index (χ4v) is 3.44. The molecule has 2 aromatic heterocycles. The van der Waals surface area contributed by atoms with Crippen LogP contribution in [-0.2, 0) is 6.54 Å². The molecule has 0 saturated heterocycles. The van der Waals surface area contributed by atoms with Crippen LogP contribution in [0.1, 0.15) is 18.2 Å². The molecule has 0 bridgehead atoms. The summed E-state index contributed by atoms with van der Waals surface area (Å²) in [5.74, 6) is -0.519. The Bertz CT molecular complexity index is 1260. The van der Waals surface area contributed by atoms with Gasteiger partial charge in [-0.2, -0.15) is 5.10 Å². The Morgan fingerprint density at radius 3 is 2.53 bits per heavy atom. The molecule has 0 spiro atoms. The largest absolute Gasteiger partial charge is 0.323 e. The molecule has 0 unspecified atom stereocenters. The van der Waals surface area contributed by atoms with E-state index in [4.69, 9.17) is 0 Å². The molecule has 2 aromatic carbocycles. The Morgan fingerprint density at radius 2 is 1.81 bits per heavy atom. The average Bonchev–Trinajstić information content (AvgIpc) is 3.21. The minimum Gasteiger partial charge on any atom is -0.308 e. The molecule has 32 heavy (non-hydrogen) atoms. The summed E-state index contributed by atoms with van der Waals surface area (Å²) in [4.78, 5) is 16.7. The monoisotopic (exact) mass is 429 g/mol. The quantitative estimate of drug-likeness (QED) is 0.407. The van der Waals surface area contributed by atoms with Crippen LogP contribution < -0.4 is 10.6 Å². The highest BCUT2D eigenvalue weighted by Crippen LogP contribution is 2.35. The summed E-state index contributed by atoms with van der Waals surface area (Å²) in [6, 6.07) is 15.6. The van der Waals surface area contributed by atoms with E-state index in [1.807, 2.05) is 51.2 Å². The molecule has 4 aromatic rings. The van der Waals surface area contributed by atoms with Gasteiger partial charge in [0.15, 0.2) is 5.82 Å². The zero-order valence-electron chi connectivity index (χ0n) is 18.2. The highest BCUT2D eigenvalue weighted by atomic mass is 19.1. The van der Waals surface area contributed by atoms with E-state index in [-0.39, 0.29) is 5.69 Å². The SMILES string of the molecule is CCn1cc(-c2cccc(NC(=O)Nc3ccc(C)cc3)c2F)c(-c2ccnc(C)c2)n1. The van der Waals surface area contributed by atoms with Crippen LogP contribution in [0.15, 0.2) is 67.0 Å². The van der Waals surface area contributed by atoms with E-state index < -0.39 is 11.8 Å². The highest BCUT2D eigenvalue weighted by molar-refractivity contribution is 6.00. The molecule has 0 aliphatic rings. The first-order valence-corrected chi connectivity index (χ1v) is 10.4. The Morgan fingerprint density at radius 1 is 1.03 bits per heavy atom. The lowest BCUT2D eigenvalue weighted by atomic mass is 10.0. The fourth-order valence-electron chi connectivity index (χ4n) is 3.44.